The monoisotopic (exact) mass is 283 g/mol. The maximum absolute atomic E-state index is 11.2. The first-order valence-electron chi connectivity index (χ1n) is 4.65. The molecular formula is C11H10BrNO3. The van der Waals surface area contributed by atoms with Crippen LogP contribution in [0.1, 0.15) is 18.1 Å². The third kappa shape index (κ3) is 2.97. The molecule has 0 heterocycles. The Balaban J connectivity index is 2.97. The molecule has 0 amide bonds. The van der Waals surface area contributed by atoms with Crippen molar-refractivity contribution in [1.82, 2.24) is 0 Å². The van der Waals surface area contributed by atoms with Crippen LogP contribution in [-0.2, 0) is 16.0 Å². The molecule has 1 aromatic carbocycles. The molecule has 16 heavy (non-hydrogen) atoms. The zero-order chi connectivity index (χ0) is 12.1. The number of carbonyl (C=O) groups is 1. The zero-order valence-corrected chi connectivity index (χ0v) is 10.2. The summed E-state index contributed by atoms with van der Waals surface area (Å²) in [6.45, 7) is 2.00. The molecular weight excluding hydrogens is 274 g/mol. The van der Waals surface area contributed by atoms with Gasteiger partial charge in [0.05, 0.1) is 18.6 Å². The Labute approximate surface area is 102 Å². The predicted octanol–water partition coefficient (Wildman–Crippen LogP) is 2.13. The molecule has 0 spiro atoms. The van der Waals surface area contributed by atoms with Crippen LogP contribution in [-0.4, -0.2) is 17.7 Å². The Hall–Kier alpha value is -1.54. The van der Waals surface area contributed by atoms with Crippen molar-refractivity contribution in [3.63, 3.8) is 0 Å². The Bertz CT molecular complexity index is 451. The lowest BCUT2D eigenvalue weighted by Gasteiger charge is -2.06. The predicted molar refractivity (Wildman–Crippen MR) is 60.9 cm³/mol. The first kappa shape index (κ1) is 12.5. The van der Waals surface area contributed by atoms with Gasteiger partial charge in [-0.2, -0.15) is 5.26 Å². The summed E-state index contributed by atoms with van der Waals surface area (Å²) in [5.41, 5.74) is 0.760. The van der Waals surface area contributed by atoms with Gasteiger partial charge in [-0.1, -0.05) is 0 Å². The lowest BCUT2D eigenvalue weighted by Crippen LogP contribution is -2.07. The summed E-state index contributed by atoms with van der Waals surface area (Å²) in [6.07, 6.45) is -0.0400. The molecule has 1 rings (SSSR count). The summed E-state index contributed by atoms with van der Waals surface area (Å²) >= 11 is 3.14. The van der Waals surface area contributed by atoms with Crippen LogP contribution in [0.25, 0.3) is 0 Å². The van der Waals surface area contributed by atoms with Crippen molar-refractivity contribution in [3.8, 4) is 11.8 Å². The molecule has 84 valence electrons. The van der Waals surface area contributed by atoms with E-state index in [0.29, 0.717) is 22.2 Å². The molecule has 0 radical (unpaired) electrons. The summed E-state index contributed by atoms with van der Waals surface area (Å²) in [6, 6.07) is 4.82. The molecule has 0 atom stereocenters. The number of phenols is 1. The van der Waals surface area contributed by atoms with Crippen molar-refractivity contribution in [2.45, 2.75) is 13.3 Å². The topological polar surface area (TPSA) is 70.3 Å². The number of nitrogens with zero attached hydrogens (tertiary/aromatic N) is 1. The zero-order valence-electron chi connectivity index (χ0n) is 8.66. The fraction of sp³-hybridized carbons (Fsp3) is 0.273. The minimum Gasteiger partial charge on any atom is -0.508 e. The van der Waals surface area contributed by atoms with Gasteiger partial charge < -0.3 is 9.84 Å². The van der Waals surface area contributed by atoms with Crippen molar-refractivity contribution in [2.24, 2.45) is 0 Å². The minimum atomic E-state index is -0.427. The highest BCUT2D eigenvalue weighted by Crippen LogP contribution is 2.26. The number of hydrogen-bond donors (Lipinski definition) is 1. The third-order valence-electron chi connectivity index (χ3n) is 1.93. The van der Waals surface area contributed by atoms with Crippen LogP contribution in [0, 0.1) is 11.3 Å². The molecule has 0 fully saturated rings. The second-order valence-electron chi connectivity index (χ2n) is 3.05. The molecule has 4 nitrogen and oxygen atoms in total. The summed E-state index contributed by atoms with van der Waals surface area (Å²) in [5, 5.41) is 18.4. The van der Waals surface area contributed by atoms with Crippen molar-refractivity contribution in [1.29, 1.82) is 5.26 Å². The van der Waals surface area contributed by atoms with Crippen molar-refractivity contribution in [2.75, 3.05) is 6.61 Å². The van der Waals surface area contributed by atoms with Crippen LogP contribution in [0.4, 0.5) is 0 Å². The normalized spacial score (nSPS) is 9.56. The summed E-state index contributed by atoms with van der Waals surface area (Å²) in [7, 11) is 0. The SMILES string of the molecule is CCOC(=O)Cc1cc(C#N)c(Br)cc1O. The van der Waals surface area contributed by atoms with Gasteiger partial charge in [0.2, 0.25) is 0 Å². The van der Waals surface area contributed by atoms with Gasteiger partial charge in [-0.15, -0.1) is 0 Å². The first-order chi connectivity index (χ1) is 7.58. The highest BCUT2D eigenvalue weighted by molar-refractivity contribution is 9.10. The number of hydrogen-bond acceptors (Lipinski definition) is 4. The van der Waals surface area contributed by atoms with E-state index in [1.165, 1.54) is 12.1 Å². The second kappa shape index (κ2) is 5.52. The Morgan fingerprint density at radius 2 is 2.31 bits per heavy atom. The molecule has 0 bridgehead atoms. The Morgan fingerprint density at radius 1 is 1.62 bits per heavy atom. The molecule has 0 aliphatic rings. The number of rotatable bonds is 3. The summed E-state index contributed by atoms with van der Waals surface area (Å²) in [4.78, 5) is 11.2. The van der Waals surface area contributed by atoms with E-state index in [0.717, 1.165) is 0 Å². The lowest BCUT2D eigenvalue weighted by molar-refractivity contribution is -0.142. The van der Waals surface area contributed by atoms with E-state index in [2.05, 4.69) is 15.9 Å². The number of nitriles is 1. The molecule has 0 aliphatic heterocycles. The average molecular weight is 284 g/mol. The van der Waals surface area contributed by atoms with Crippen molar-refractivity contribution >= 4 is 21.9 Å². The van der Waals surface area contributed by atoms with Gasteiger partial charge in [-0.05, 0) is 35.0 Å². The fourth-order valence-corrected chi connectivity index (χ4v) is 1.62. The van der Waals surface area contributed by atoms with Gasteiger partial charge in [-0.25, -0.2) is 0 Å². The Morgan fingerprint density at radius 3 is 2.88 bits per heavy atom. The molecule has 0 unspecified atom stereocenters. The van der Waals surface area contributed by atoms with Gasteiger partial charge in [0.15, 0.2) is 0 Å². The molecule has 0 aromatic heterocycles. The number of benzene rings is 1. The van der Waals surface area contributed by atoms with Gasteiger partial charge in [0.1, 0.15) is 11.8 Å². The minimum absolute atomic E-state index is 0.0288. The molecule has 1 N–H and O–H groups in total. The largest absolute Gasteiger partial charge is 0.508 e. The average Bonchev–Trinajstić information content (AvgIpc) is 2.22. The number of carbonyl (C=O) groups excluding carboxylic acids is 1. The Kier molecular flexibility index (Phi) is 4.32. The fourth-order valence-electron chi connectivity index (χ4n) is 1.20. The van der Waals surface area contributed by atoms with E-state index < -0.39 is 5.97 Å². The van der Waals surface area contributed by atoms with Crippen LogP contribution in [0.5, 0.6) is 5.75 Å². The highest BCUT2D eigenvalue weighted by Gasteiger charge is 2.11. The number of aromatic hydroxyl groups is 1. The van der Waals surface area contributed by atoms with Crippen LogP contribution in [0.15, 0.2) is 16.6 Å². The van der Waals surface area contributed by atoms with E-state index >= 15 is 0 Å². The number of phenolic OH excluding ortho intramolecular Hbond substituents is 1. The molecule has 1 aromatic rings. The third-order valence-corrected chi connectivity index (χ3v) is 2.58. The molecule has 5 heteroatoms. The van der Waals surface area contributed by atoms with Crippen LogP contribution < -0.4 is 0 Å². The van der Waals surface area contributed by atoms with Crippen molar-refractivity contribution < 1.29 is 14.6 Å². The molecule has 0 saturated carbocycles. The van der Waals surface area contributed by atoms with E-state index in [1.807, 2.05) is 6.07 Å². The van der Waals surface area contributed by atoms with E-state index in [1.54, 1.807) is 6.92 Å². The van der Waals surface area contributed by atoms with Crippen LogP contribution >= 0.6 is 15.9 Å². The second-order valence-corrected chi connectivity index (χ2v) is 3.91. The van der Waals surface area contributed by atoms with E-state index in [4.69, 9.17) is 10.00 Å². The number of esters is 1. The summed E-state index contributed by atoms with van der Waals surface area (Å²) < 4.78 is 5.26. The quantitative estimate of drug-likeness (QED) is 0.863. The molecule has 0 saturated heterocycles. The van der Waals surface area contributed by atoms with Gasteiger partial charge in [0.25, 0.3) is 0 Å². The van der Waals surface area contributed by atoms with Gasteiger partial charge in [0, 0.05) is 10.0 Å². The van der Waals surface area contributed by atoms with Gasteiger partial charge in [-0.3, -0.25) is 4.79 Å². The number of ether oxygens (including phenoxy) is 1. The van der Waals surface area contributed by atoms with E-state index in [9.17, 15) is 9.90 Å². The summed E-state index contributed by atoms with van der Waals surface area (Å²) in [5.74, 6) is -0.456. The van der Waals surface area contributed by atoms with E-state index in [-0.39, 0.29) is 12.2 Å². The van der Waals surface area contributed by atoms with Crippen LogP contribution in [0.3, 0.4) is 0 Å². The smallest absolute Gasteiger partial charge is 0.310 e. The number of halogens is 1. The molecule has 0 aliphatic carbocycles. The maximum Gasteiger partial charge on any atom is 0.310 e. The standard InChI is InChI=1S/C11H10BrNO3/c1-2-16-11(15)4-7-3-8(6-13)9(12)5-10(7)14/h3,5,14H,2,4H2,1H3. The van der Waals surface area contributed by atoms with Crippen LogP contribution in [0.2, 0.25) is 0 Å². The lowest BCUT2D eigenvalue weighted by atomic mass is 10.1. The highest BCUT2D eigenvalue weighted by atomic mass is 79.9. The maximum atomic E-state index is 11.2. The first-order valence-corrected chi connectivity index (χ1v) is 5.45. The van der Waals surface area contributed by atoms with Gasteiger partial charge >= 0.3 is 5.97 Å². The van der Waals surface area contributed by atoms with Crippen molar-refractivity contribution in [3.05, 3.63) is 27.7 Å².